The van der Waals surface area contributed by atoms with Gasteiger partial charge in [0.05, 0.1) is 31.3 Å². The molecule has 1 aliphatic rings. The van der Waals surface area contributed by atoms with Crippen LogP contribution >= 0.6 is 11.8 Å². The van der Waals surface area contributed by atoms with E-state index in [1.54, 1.807) is 18.6 Å². The Kier molecular flexibility index (Phi) is 6.23. The summed E-state index contributed by atoms with van der Waals surface area (Å²) in [5.41, 5.74) is 0. The average molecular weight is 296 g/mol. The van der Waals surface area contributed by atoms with Gasteiger partial charge in [0, 0.05) is 25.5 Å². The number of ether oxygens (including phenoxy) is 1. The van der Waals surface area contributed by atoms with Crippen LogP contribution in [0.3, 0.4) is 0 Å². The van der Waals surface area contributed by atoms with Gasteiger partial charge >= 0.3 is 0 Å². The molecule has 1 aromatic heterocycles. The van der Waals surface area contributed by atoms with Crippen molar-refractivity contribution >= 4 is 17.7 Å². The molecule has 0 aromatic carbocycles. The number of thioether (sulfide) groups is 1. The first kappa shape index (κ1) is 15.2. The zero-order chi connectivity index (χ0) is 14.2. The van der Waals surface area contributed by atoms with E-state index >= 15 is 0 Å². The third kappa shape index (κ3) is 4.73. The van der Waals surface area contributed by atoms with E-state index in [9.17, 15) is 4.79 Å². The summed E-state index contributed by atoms with van der Waals surface area (Å²) in [6.45, 7) is 5.80. The fourth-order valence-electron chi connectivity index (χ4n) is 1.88. The van der Waals surface area contributed by atoms with Crippen molar-refractivity contribution in [2.75, 3.05) is 33.0 Å². The van der Waals surface area contributed by atoms with Crippen LogP contribution in [0.2, 0.25) is 0 Å². The fourth-order valence-corrected chi connectivity index (χ4v) is 2.77. The first-order valence-electron chi connectivity index (χ1n) is 6.80. The maximum atomic E-state index is 12.2. The van der Waals surface area contributed by atoms with Gasteiger partial charge < -0.3 is 10.1 Å². The van der Waals surface area contributed by atoms with Gasteiger partial charge in [-0.3, -0.25) is 14.7 Å². The Labute approximate surface area is 123 Å². The Bertz CT molecular complexity index is 412. The van der Waals surface area contributed by atoms with Crippen LogP contribution in [0.4, 0.5) is 0 Å². The van der Waals surface area contributed by atoms with Crippen LogP contribution in [0.25, 0.3) is 0 Å². The zero-order valence-corrected chi connectivity index (χ0v) is 12.4. The normalized spacial score (nSPS) is 17.6. The highest BCUT2D eigenvalue weighted by atomic mass is 32.2. The molecule has 1 saturated heterocycles. The Morgan fingerprint density at radius 3 is 2.95 bits per heavy atom. The minimum atomic E-state index is -0.132. The molecule has 1 unspecified atom stereocenters. The molecule has 1 aromatic rings. The van der Waals surface area contributed by atoms with Crippen molar-refractivity contribution in [3.63, 3.8) is 0 Å². The molecule has 1 atom stereocenters. The second-order valence-electron chi connectivity index (χ2n) is 4.49. The highest BCUT2D eigenvalue weighted by molar-refractivity contribution is 8.00. The summed E-state index contributed by atoms with van der Waals surface area (Å²) in [6, 6.07) is 0. The molecule has 7 heteroatoms. The van der Waals surface area contributed by atoms with Gasteiger partial charge in [0.1, 0.15) is 5.03 Å². The van der Waals surface area contributed by atoms with Gasteiger partial charge in [-0.15, -0.1) is 0 Å². The number of rotatable bonds is 6. The van der Waals surface area contributed by atoms with Gasteiger partial charge in [-0.1, -0.05) is 18.7 Å². The van der Waals surface area contributed by atoms with E-state index in [1.807, 2.05) is 6.92 Å². The molecule has 0 aliphatic carbocycles. The van der Waals surface area contributed by atoms with E-state index in [2.05, 4.69) is 20.2 Å². The third-order valence-electron chi connectivity index (χ3n) is 3.05. The van der Waals surface area contributed by atoms with E-state index in [4.69, 9.17) is 4.74 Å². The number of nitrogens with one attached hydrogen (secondary N) is 1. The summed E-state index contributed by atoms with van der Waals surface area (Å²) in [5.74, 6) is 0.0506. The van der Waals surface area contributed by atoms with Gasteiger partial charge in [0.25, 0.3) is 0 Å². The highest BCUT2D eigenvalue weighted by Gasteiger charge is 2.19. The molecule has 20 heavy (non-hydrogen) atoms. The Morgan fingerprint density at radius 2 is 2.30 bits per heavy atom. The molecule has 110 valence electrons. The summed E-state index contributed by atoms with van der Waals surface area (Å²) in [5, 5.41) is 3.63. The number of hydrogen-bond donors (Lipinski definition) is 1. The predicted molar refractivity (Wildman–Crippen MR) is 77.4 cm³/mol. The van der Waals surface area contributed by atoms with Gasteiger partial charge in [-0.05, 0) is 6.42 Å². The van der Waals surface area contributed by atoms with E-state index in [0.717, 1.165) is 37.8 Å². The SMILES string of the molecule is CCC(Sc1cnccn1)C(=O)NCN1CCOCC1. The Morgan fingerprint density at radius 1 is 1.50 bits per heavy atom. The Hall–Kier alpha value is -1.18. The predicted octanol–water partition coefficient (Wildman–Crippen LogP) is 0.753. The average Bonchev–Trinajstić information content (AvgIpc) is 2.52. The Balaban J connectivity index is 1.79. The van der Waals surface area contributed by atoms with Gasteiger partial charge in [-0.2, -0.15) is 0 Å². The van der Waals surface area contributed by atoms with Gasteiger partial charge in [-0.25, -0.2) is 4.98 Å². The van der Waals surface area contributed by atoms with Crippen LogP contribution in [-0.4, -0.2) is 59.0 Å². The maximum absolute atomic E-state index is 12.2. The van der Waals surface area contributed by atoms with Crippen molar-refractivity contribution in [2.24, 2.45) is 0 Å². The number of morpholine rings is 1. The van der Waals surface area contributed by atoms with Crippen molar-refractivity contribution in [2.45, 2.75) is 23.6 Å². The van der Waals surface area contributed by atoms with E-state index in [0.29, 0.717) is 6.67 Å². The quantitative estimate of drug-likeness (QED) is 0.782. The number of nitrogens with zero attached hydrogens (tertiary/aromatic N) is 3. The molecule has 6 nitrogen and oxygen atoms in total. The molecule has 0 spiro atoms. The molecular formula is C13H20N4O2S. The molecule has 0 radical (unpaired) electrons. The second-order valence-corrected chi connectivity index (χ2v) is 5.71. The van der Waals surface area contributed by atoms with Crippen LogP contribution in [0.15, 0.2) is 23.6 Å². The van der Waals surface area contributed by atoms with E-state index < -0.39 is 0 Å². The second kappa shape index (κ2) is 8.18. The maximum Gasteiger partial charge on any atom is 0.234 e. The number of carbonyl (C=O) groups excluding carboxylic acids is 1. The smallest absolute Gasteiger partial charge is 0.234 e. The summed E-state index contributed by atoms with van der Waals surface area (Å²) in [6.07, 6.45) is 5.71. The molecule has 0 saturated carbocycles. The third-order valence-corrected chi connectivity index (χ3v) is 4.33. The molecular weight excluding hydrogens is 276 g/mol. The molecule has 1 aliphatic heterocycles. The standard InChI is InChI=1S/C13H20N4O2S/c1-2-11(20-12-9-14-3-4-15-12)13(18)16-10-17-5-7-19-8-6-17/h3-4,9,11H,2,5-8,10H2,1H3,(H,16,18). The zero-order valence-electron chi connectivity index (χ0n) is 11.6. The van der Waals surface area contributed by atoms with Crippen molar-refractivity contribution in [1.82, 2.24) is 20.2 Å². The minimum Gasteiger partial charge on any atom is -0.379 e. The van der Waals surface area contributed by atoms with Crippen molar-refractivity contribution < 1.29 is 9.53 Å². The number of amides is 1. The lowest BCUT2D eigenvalue weighted by atomic mass is 10.3. The van der Waals surface area contributed by atoms with Crippen molar-refractivity contribution in [3.8, 4) is 0 Å². The van der Waals surface area contributed by atoms with Crippen LogP contribution in [0.5, 0.6) is 0 Å². The molecule has 2 heterocycles. The highest BCUT2D eigenvalue weighted by Crippen LogP contribution is 2.22. The largest absolute Gasteiger partial charge is 0.379 e. The summed E-state index contributed by atoms with van der Waals surface area (Å²) in [4.78, 5) is 22.6. The first-order valence-corrected chi connectivity index (χ1v) is 7.68. The fraction of sp³-hybridized carbons (Fsp3) is 0.615. The monoisotopic (exact) mass is 296 g/mol. The minimum absolute atomic E-state index is 0.0506. The molecule has 1 fully saturated rings. The van der Waals surface area contributed by atoms with E-state index in [1.165, 1.54) is 11.8 Å². The lowest BCUT2D eigenvalue weighted by Gasteiger charge is -2.27. The van der Waals surface area contributed by atoms with Crippen LogP contribution < -0.4 is 5.32 Å². The number of hydrogen-bond acceptors (Lipinski definition) is 6. The number of aromatic nitrogens is 2. The van der Waals surface area contributed by atoms with Crippen LogP contribution in [0.1, 0.15) is 13.3 Å². The van der Waals surface area contributed by atoms with Crippen LogP contribution in [-0.2, 0) is 9.53 Å². The molecule has 0 bridgehead atoms. The lowest BCUT2D eigenvalue weighted by Crippen LogP contribution is -2.45. The molecule has 2 rings (SSSR count). The van der Waals surface area contributed by atoms with Crippen molar-refractivity contribution in [3.05, 3.63) is 18.6 Å². The molecule has 1 amide bonds. The lowest BCUT2D eigenvalue weighted by molar-refractivity contribution is -0.121. The van der Waals surface area contributed by atoms with Crippen LogP contribution in [0, 0.1) is 0 Å². The van der Waals surface area contributed by atoms with Gasteiger partial charge in [0.2, 0.25) is 5.91 Å². The number of carbonyl (C=O) groups is 1. The molecule has 1 N–H and O–H groups in total. The van der Waals surface area contributed by atoms with Crippen molar-refractivity contribution in [1.29, 1.82) is 0 Å². The summed E-state index contributed by atoms with van der Waals surface area (Å²) in [7, 11) is 0. The van der Waals surface area contributed by atoms with Gasteiger partial charge in [0.15, 0.2) is 0 Å². The summed E-state index contributed by atoms with van der Waals surface area (Å²) < 4.78 is 5.28. The summed E-state index contributed by atoms with van der Waals surface area (Å²) >= 11 is 1.45. The topological polar surface area (TPSA) is 67.4 Å². The van der Waals surface area contributed by atoms with E-state index in [-0.39, 0.29) is 11.2 Å². The first-order chi connectivity index (χ1) is 9.79.